The van der Waals surface area contributed by atoms with E-state index >= 15 is 8.78 Å². The molecule has 21 heteroatoms. The molecule has 1 fully saturated rings. The van der Waals surface area contributed by atoms with Crippen LogP contribution >= 0.6 is 58.4 Å². The van der Waals surface area contributed by atoms with Crippen LogP contribution in [0.5, 0.6) is 5.75 Å². The van der Waals surface area contributed by atoms with Crippen LogP contribution in [0.2, 0.25) is 15.1 Å². The van der Waals surface area contributed by atoms with Gasteiger partial charge in [-0.05, 0) is 120 Å². The summed E-state index contributed by atoms with van der Waals surface area (Å²) in [5.74, 6) is -1.16. The Morgan fingerprint density at radius 1 is 0.690 bits per heavy atom. The molecule has 1 N–H and O–H groups in total. The second-order valence-electron chi connectivity index (χ2n) is 15.2. The van der Waals surface area contributed by atoms with E-state index < -0.39 is 41.7 Å². The third-order valence-corrected chi connectivity index (χ3v) is 11.7. The topological polar surface area (TPSA) is 154 Å². The molecular weight excluding hydrogens is 1030 g/mol. The Kier molecular flexibility index (Phi) is 20.8. The van der Waals surface area contributed by atoms with Crippen molar-refractivity contribution in [3.63, 3.8) is 0 Å². The van der Waals surface area contributed by atoms with Crippen molar-refractivity contribution in [2.24, 2.45) is 4.99 Å². The summed E-state index contributed by atoms with van der Waals surface area (Å²) in [5, 5.41) is 4.17. The number of ketones is 1. The van der Waals surface area contributed by atoms with Crippen molar-refractivity contribution >= 4 is 98.9 Å². The van der Waals surface area contributed by atoms with E-state index in [2.05, 4.69) is 20.3 Å². The minimum atomic E-state index is -1.04. The predicted molar refractivity (Wildman–Crippen MR) is 273 cm³/mol. The van der Waals surface area contributed by atoms with E-state index in [0.29, 0.717) is 74.9 Å². The zero-order valence-corrected chi connectivity index (χ0v) is 43.2. The van der Waals surface area contributed by atoms with Gasteiger partial charge in [0.25, 0.3) is 5.91 Å². The van der Waals surface area contributed by atoms with Crippen molar-refractivity contribution < 1.29 is 46.8 Å². The van der Waals surface area contributed by atoms with Crippen molar-refractivity contribution in [1.82, 2.24) is 18.8 Å². The monoisotopic (exact) mass is 1070 g/mol. The van der Waals surface area contributed by atoms with Gasteiger partial charge in [-0.25, -0.2) is 33.0 Å². The van der Waals surface area contributed by atoms with E-state index in [0.717, 1.165) is 4.42 Å². The van der Waals surface area contributed by atoms with Crippen molar-refractivity contribution in [2.75, 3.05) is 38.9 Å². The number of aromatic nitrogens is 2. The zero-order valence-electron chi connectivity index (χ0n) is 39.4. The number of hydrogen-bond acceptors (Lipinski definition) is 12. The van der Waals surface area contributed by atoms with Gasteiger partial charge in [-0.3, -0.25) is 9.59 Å². The third-order valence-electron chi connectivity index (χ3n) is 10.0. The smallest absolute Gasteiger partial charge is 0.357 e. The molecule has 0 saturated carbocycles. The number of hydrogen-bond donors (Lipinski definition) is 1. The fourth-order valence-electron chi connectivity index (χ4n) is 6.40. The van der Waals surface area contributed by atoms with E-state index in [4.69, 9.17) is 82.0 Å². The number of nitrogens with zero attached hydrogens (tertiary/aromatic N) is 5. The highest BCUT2D eigenvalue weighted by Crippen LogP contribution is 2.40. The SMILES string of the molecule is CC1(C)C(=O)N(Cl)C(=O)N1Cl.CCOC(OCC)c1cc(Nc2ccc(OC)cc2)c(F)c(-c2ccc(Cl)cc2)n1.CCOC(OCC)c1nc(-c2ccc(Cl)cc2)c(F)c(N=C2C=CC(=O)C=C2)c1Cl. The maximum atomic E-state index is 15.5. The van der Waals surface area contributed by atoms with Crippen LogP contribution in [0, 0.1) is 11.6 Å². The Morgan fingerprint density at radius 3 is 1.62 bits per heavy atom. The number of carbonyl (C=O) groups excluding carboxylic acids is 3. The molecule has 3 amide bonds. The van der Waals surface area contributed by atoms with Crippen LogP contribution in [0.4, 0.5) is 30.6 Å². The molecule has 3 heterocycles. The number of imide groups is 1. The van der Waals surface area contributed by atoms with E-state index in [1.54, 1.807) is 87.7 Å². The quantitative estimate of drug-likeness (QED) is 0.0435. The number of anilines is 2. The van der Waals surface area contributed by atoms with Gasteiger partial charge in [0, 0.05) is 76.8 Å². The molecule has 2 aliphatic rings. The van der Waals surface area contributed by atoms with E-state index in [1.807, 2.05) is 26.0 Å². The number of nitrogens with one attached hydrogen (secondary N) is 1. The molecule has 1 aliphatic carbocycles. The van der Waals surface area contributed by atoms with Crippen molar-refractivity contribution in [1.29, 1.82) is 0 Å². The van der Waals surface area contributed by atoms with Crippen LogP contribution in [-0.4, -0.2) is 81.3 Å². The van der Waals surface area contributed by atoms with Gasteiger partial charge in [-0.2, -0.15) is 4.42 Å². The van der Waals surface area contributed by atoms with Gasteiger partial charge >= 0.3 is 6.03 Å². The number of allylic oxidation sites excluding steroid dienone is 4. The first-order valence-corrected chi connectivity index (χ1v) is 23.7. The Balaban J connectivity index is 0.000000218. The molecule has 0 atom stereocenters. The Bertz CT molecular complexity index is 2740. The van der Waals surface area contributed by atoms with Crippen molar-refractivity contribution in [2.45, 2.75) is 59.7 Å². The number of amides is 3. The molecule has 5 aromatic rings. The first-order valence-electron chi connectivity index (χ1n) is 21.9. The Labute approximate surface area is 435 Å². The minimum Gasteiger partial charge on any atom is -0.497 e. The minimum absolute atomic E-state index is 0.0247. The number of ether oxygens (including phenoxy) is 5. The van der Waals surface area contributed by atoms with Crippen LogP contribution in [0.1, 0.15) is 65.5 Å². The predicted octanol–water partition coefficient (Wildman–Crippen LogP) is 13.7. The standard InChI is InChI=1S/C23H24ClFN2O3.C22H19Cl2FN2O3.C5H6Cl2N2O2/c1-4-29-23(30-5-2)20-14-19(26-17-10-12-18(28-3)13-11-17)21(25)22(27-20)15-6-8-16(24)9-7-15;1-3-29-22(30-4-2)21-17(24)20(26-15-9-11-16(28)12-10-15)18(25)19(27-21)13-5-7-14(23)8-6-13;1-5(2)3(10)8(6)4(11)9(5)7/h6-14,23H,4-5H2,1-3H3,(H,26,27);5-12,22H,3-4H2,1-2H3;1-2H3. The van der Waals surface area contributed by atoms with Gasteiger partial charge in [0.1, 0.15) is 34.1 Å². The number of benzene rings is 3. The first-order chi connectivity index (χ1) is 33.9. The fraction of sp³-hybridized carbons (Fsp3) is 0.280. The largest absolute Gasteiger partial charge is 0.497 e. The number of pyridine rings is 2. The van der Waals surface area contributed by atoms with Gasteiger partial charge in [0.05, 0.1) is 29.2 Å². The first kappa shape index (κ1) is 56.4. The van der Waals surface area contributed by atoms with Crippen LogP contribution in [0.25, 0.3) is 22.5 Å². The van der Waals surface area contributed by atoms with Crippen molar-refractivity contribution in [3.05, 3.63) is 141 Å². The summed E-state index contributed by atoms with van der Waals surface area (Å²) in [4.78, 5) is 46.6. The zero-order chi connectivity index (χ0) is 52.0. The van der Waals surface area contributed by atoms with Crippen molar-refractivity contribution in [3.8, 4) is 28.3 Å². The molecular formula is C50H49Cl5F2N6O8. The molecule has 2 aromatic heterocycles. The van der Waals surface area contributed by atoms with Crippen LogP contribution < -0.4 is 10.1 Å². The summed E-state index contributed by atoms with van der Waals surface area (Å²) in [6.45, 7) is 11.9. The lowest BCUT2D eigenvalue weighted by molar-refractivity contribution is -0.142. The summed E-state index contributed by atoms with van der Waals surface area (Å²) in [6.07, 6.45) is 4.07. The lowest BCUT2D eigenvalue weighted by atomic mass is 10.1. The highest BCUT2D eigenvalue weighted by Gasteiger charge is 2.51. The summed E-state index contributed by atoms with van der Waals surface area (Å²) < 4.78 is 60.0. The molecule has 0 radical (unpaired) electrons. The summed E-state index contributed by atoms with van der Waals surface area (Å²) >= 11 is 29.2. The van der Waals surface area contributed by atoms with Gasteiger partial charge in [0.15, 0.2) is 17.4 Å². The second kappa shape index (κ2) is 26.2. The molecule has 0 unspecified atom stereocenters. The molecule has 376 valence electrons. The van der Waals surface area contributed by atoms with Gasteiger partial charge < -0.3 is 29.0 Å². The van der Waals surface area contributed by atoms with Gasteiger partial charge in [-0.1, -0.05) is 59.1 Å². The second-order valence-corrected chi connectivity index (χ2v) is 17.2. The molecule has 14 nitrogen and oxygen atoms in total. The molecule has 1 saturated heterocycles. The van der Waals surface area contributed by atoms with Gasteiger partial charge in [-0.15, -0.1) is 0 Å². The number of methoxy groups -OCH3 is 1. The molecule has 0 bridgehead atoms. The number of urea groups is 1. The molecule has 7 rings (SSSR count). The van der Waals surface area contributed by atoms with Crippen LogP contribution in [0.15, 0.2) is 108 Å². The molecule has 3 aromatic carbocycles. The number of rotatable bonds is 16. The average Bonchev–Trinajstić information content (AvgIpc) is 3.49. The van der Waals surface area contributed by atoms with E-state index in [1.165, 1.54) is 38.2 Å². The number of aliphatic imine (C=N–C) groups is 1. The highest BCUT2D eigenvalue weighted by molar-refractivity contribution is 6.39. The van der Waals surface area contributed by atoms with Crippen LogP contribution in [-0.2, 0) is 28.5 Å². The van der Waals surface area contributed by atoms with E-state index in [9.17, 15) is 14.4 Å². The lowest BCUT2D eigenvalue weighted by Gasteiger charge is -2.20. The maximum absolute atomic E-state index is 15.5. The number of halogens is 7. The summed E-state index contributed by atoms with van der Waals surface area (Å²) in [5.41, 5.74) is 2.19. The molecule has 1 aliphatic heterocycles. The number of carbonyl (C=O) groups is 3. The lowest BCUT2D eigenvalue weighted by Crippen LogP contribution is -2.38. The Hall–Kier alpha value is -5.53. The summed E-state index contributed by atoms with van der Waals surface area (Å²) in [6, 6.07) is 21.5. The average molecular weight is 1080 g/mol. The maximum Gasteiger partial charge on any atom is 0.357 e. The fourth-order valence-corrected chi connectivity index (χ4v) is 7.38. The van der Waals surface area contributed by atoms with Crippen LogP contribution in [0.3, 0.4) is 0 Å². The van der Waals surface area contributed by atoms with Gasteiger partial charge in [0.2, 0.25) is 12.6 Å². The normalized spacial score (nSPS) is 13.9. The summed E-state index contributed by atoms with van der Waals surface area (Å²) in [7, 11) is 1.59. The van der Waals surface area contributed by atoms with E-state index in [-0.39, 0.29) is 39.3 Å². The Morgan fingerprint density at radius 2 is 1.18 bits per heavy atom. The molecule has 0 spiro atoms. The highest BCUT2D eigenvalue weighted by atomic mass is 35.5. The third kappa shape index (κ3) is 14.3. The molecule has 71 heavy (non-hydrogen) atoms.